The van der Waals surface area contributed by atoms with Gasteiger partial charge in [-0.25, -0.2) is 10.8 Å². The molecule has 7 heteroatoms. The molecule has 0 spiro atoms. The van der Waals surface area contributed by atoms with Crippen LogP contribution >= 0.6 is 0 Å². The molecule has 1 atom stereocenters. The molecule has 1 fully saturated rings. The van der Waals surface area contributed by atoms with Crippen molar-refractivity contribution in [2.75, 3.05) is 45.7 Å². The van der Waals surface area contributed by atoms with E-state index in [2.05, 4.69) is 39.6 Å². The Kier molecular flexibility index (Phi) is 4.89. The molecule has 2 heterocycles. The van der Waals surface area contributed by atoms with Crippen molar-refractivity contribution >= 4 is 11.7 Å². The predicted molar refractivity (Wildman–Crippen MR) is 78.3 cm³/mol. The van der Waals surface area contributed by atoms with E-state index in [9.17, 15) is 4.79 Å². The monoisotopic (exact) mass is 278 g/mol. The molecular formula is C13H22N6O. The van der Waals surface area contributed by atoms with Crippen molar-refractivity contribution in [1.82, 2.24) is 20.1 Å². The number of hydrogen-bond acceptors (Lipinski definition) is 6. The Morgan fingerprint density at radius 2 is 2.25 bits per heavy atom. The lowest BCUT2D eigenvalue weighted by molar-refractivity contribution is 0.0877. The second-order valence-electron chi connectivity index (χ2n) is 5.16. The number of carbonyl (C=O) groups is 1. The molecule has 1 unspecified atom stereocenters. The number of nitrogen functional groups attached to an aromatic ring is 1. The van der Waals surface area contributed by atoms with Crippen LogP contribution in [0.2, 0.25) is 0 Å². The molecule has 1 aliphatic heterocycles. The molecule has 20 heavy (non-hydrogen) atoms. The number of nitrogens with two attached hydrogens (primary N) is 1. The maximum Gasteiger partial charge on any atom is 0.270 e. The van der Waals surface area contributed by atoms with Gasteiger partial charge in [-0.05, 0) is 26.2 Å². The van der Waals surface area contributed by atoms with Gasteiger partial charge in [0.05, 0.1) is 0 Å². The van der Waals surface area contributed by atoms with Crippen LogP contribution in [0, 0.1) is 0 Å². The molecule has 1 aromatic rings. The van der Waals surface area contributed by atoms with Gasteiger partial charge >= 0.3 is 0 Å². The molecule has 7 nitrogen and oxygen atoms in total. The summed E-state index contributed by atoms with van der Waals surface area (Å²) in [5, 5.41) is 2.93. The minimum Gasteiger partial charge on any atom is -0.349 e. The fourth-order valence-electron chi connectivity index (χ4n) is 2.26. The lowest BCUT2D eigenvalue weighted by Gasteiger charge is -2.37. The van der Waals surface area contributed by atoms with Crippen LogP contribution in [0.25, 0.3) is 0 Å². The predicted octanol–water partition coefficient (Wildman–Crippen LogP) is -0.657. The lowest BCUT2D eigenvalue weighted by Crippen LogP contribution is -2.54. The van der Waals surface area contributed by atoms with Crippen LogP contribution in [0.1, 0.15) is 10.5 Å². The summed E-state index contributed by atoms with van der Waals surface area (Å²) in [7, 11) is 4.18. The highest BCUT2D eigenvalue weighted by molar-refractivity contribution is 5.92. The van der Waals surface area contributed by atoms with Crippen molar-refractivity contribution in [2.24, 2.45) is 5.84 Å². The summed E-state index contributed by atoms with van der Waals surface area (Å²) in [6.45, 7) is 3.64. The maximum absolute atomic E-state index is 12.1. The topological polar surface area (TPSA) is 86.5 Å². The zero-order valence-electron chi connectivity index (χ0n) is 12.0. The fourth-order valence-corrected chi connectivity index (χ4v) is 2.26. The molecule has 0 aromatic carbocycles. The van der Waals surface area contributed by atoms with Crippen LogP contribution in [0.3, 0.4) is 0 Å². The number of nitrogens with one attached hydrogen (secondary N) is 2. The van der Waals surface area contributed by atoms with Crippen LogP contribution in [-0.4, -0.2) is 67.0 Å². The molecule has 110 valence electrons. The number of aromatic nitrogens is 1. The largest absolute Gasteiger partial charge is 0.349 e. The third kappa shape index (κ3) is 3.66. The van der Waals surface area contributed by atoms with Crippen molar-refractivity contribution in [1.29, 1.82) is 0 Å². The second-order valence-corrected chi connectivity index (χ2v) is 5.16. The number of piperazine rings is 1. The van der Waals surface area contributed by atoms with Crippen molar-refractivity contribution in [3.8, 4) is 0 Å². The third-order valence-electron chi connectivity index (χ3n) is 3.61. The number of likely N-dealkylation sites (N-methyl/N-ethyl adjacent to an activating group) is 2. The van der Waals surface area contributed by atoms with Gasteiger partial charge in [-0.3, -0.25) is 9.69 Å². The van der Waals surface area contributed by atoms with Gasteiger partial charge in [0.25, 0.3) is 5.91 Å². The molecule has 0 bridgehead atoms. The van der Waals surface area contributed by atoms with Crippen LogP contribution in [-0.2, 0) is 0 Å². The third-order valence-corrected chi connectivity index (χ3v) is 3.61. The van der Waals surface area contributed by atoms with Gasteiger partial charge in [0.1, 0.15) is 11.5 Å². The number of carbonyl (C=O) groups excluding carboxylic acids is 1. The van der Waals surface area contributed by atoms with Crippen LogP contribution in [0.5, 0.6) is 0 Å². The molecule has 1 saturated heterocycles. The highest BCUT2D eigenvalue weighted by Crippen LogP contribution is 2.06. The van der Waals surface area contributed by atoms with Crippen LogP contribution in [0.15, 0.2) is 18.2 Å². The first-order valence-corrected chi connectivity index (χ1v) is 6.71. The normalized spacial score (nSPS) is 20.6. The minimum absolute atomic E-state index is 0.177. The molecule has 1 aromatic heterocycles. The number of hydrazine groups is 1. The Morgan fingerprint density at radius 3 is 3.00 bits per heavy atom. The molecule has 0 aliphatic carbocycles. The van der Waals surface area contributed by atoms with Gasteiger partial charge in [0, 0.05) is 32.2 Å². The van der Waals surface area contributed by atoms with Gasteiger partial charge in [0.2, 0.25) is 0 Å². The smallest absolute Gasteiger partial charge is 0.270 e. The van der Waals surface area contributed by atoms with E-state index < -0.39 is 0 Å². The van der Waals surface area contributed by atoms with E-state index in [0.29, 0.717) is 24.1 Å². The summed E-state index contributed by atoms with van der Waals surface area (Å²) in [5.74, 6) is 5.59. The number of nitrogens with zero attached hydrogens (tertiary/aromatic N) is 3. The number of amides is 1. The Bertz CT molecular complexity index is 466. The molecule has 2 rings (SSSR count). The first kappa shape index (κ1) is 14.7. The van der Waals surface area contributed by atoms with Crippen LogP contribution in [0.4, 0.5) is 5.82 Å². The average molecular weight is 278 g/mol. The minimum atomic E-state index is -0.177. The highest BCUT2D eigenvalue weighted by Gasteiger charge is 2.22. The summed E-state index contributed by atoms with van der Waals surface area (Å²) in [6, 6.07) is 5.46. The molecule has 0 saturated carbocycles. The number of pyridine rings is 1. The van der Waals surface area contributed by atoms with E-state index in [4.69, 9.17) is 5.84 Å². The van der Waals surface area contributed by atoms with Gasteiger partial charge in [-0.1, -0.05) is 6.07 Å². The van der Waals surface area contributed by atoms with E-state index in [1.807, 2.05) is 0 Å². The van der Waals surface area contributed by atoms with Crippen LogP contribution < -0.4 is 16.6 Å². The molecule has 0 radical (unpaired) electrons. The number of anilines is 1. The maximum atomic E-state index is 12.1. The lowest BCUT2D eigenvalue weighted by atomic mass is 10.2. The molecule has 1 amide bonds. The van der Waals surface area contributed by atoms with E-state index in [1.54, 1.807) is 18.2 Å². The van der Waals surface area contributed by atoms with Gasteiger partial charge in [0.15, 0.2) is 0 Å². The summed E-state index contributed by atoms with van der Waals surface area (Å²) >= 11 is 0. The molecule has 4 N–H and O–H groups in total. The van der Waals surface area contributed by atoms with Gasteiger partial charge in [-0.15, -0.1) is 0 Å². The Balaban J connectivity index is 1.91. The SMILES string of the molecule is CN1CCN(C)C(CNC(=O)c2cccc(NN)n2)C1. The quantitative estimate of drug-likeness (QED) is 0.501. The molecular weight excluding hydrogens is 256 g/mol. The Labute approximate surface area is 119 Å². The van der Waals surface area contributed by atoms with Crippen molar-refractivity contribution in [3.05, 3.63) is 23.9 Å². The van der Waals surface area contributed by atoms with E-state index in [0.717, 1.165) is 19.6 Å². The standard InChI is InChI=1S/C13H22N6O/c1-18-6-7-19(2)10(9-18)8-15-13(20)11-4-3-5-12(16-11)17-14/h3-5,10H,6-9,14H2,1-2H3,(H,15,20)(H,16,17). The van der Waals surface area contributed by atoms with Crippen molar-refractivity contribution in [2.45, 2.75) is 6.04 Å². The Hall–Kier alpha value is -1.70. The first-order valence-electron chi connectivity index (χ1n) is 6.71. The summed E-state index contributed by atoms with van der Waals surface area (Å²) in [5.41, 5.74) is 2.80. The van der Waals surface area contributed by atoms with E-state index in [1.165, 1.54) is 0 Å². The first-order chi connectivity index (χ1) is 9.60. The average Bonchev–Trinajstić information content (AvgIpc) is 2.48. The molecule has 1 aliphatic rings. The fraction of sp³-hybridized carbons (Fsp3) is 0.538. The van der Waals surface area contributed by atoms with Gasteiger partial charge < -0.3 is 15.6 Å². The van der Waals surface area contributed by atoms with Crippen molar-refractivity contribution in [3.63, 3.8) is 0 Å². The summed E-state index contributed by atoms with van der Waals surface area (Å²) in [4.78, 5) is 20.7. The van der Waals surface area contributed by atoms with Crippen molar-refractivity contribution < 1.29 is 4.79 Å². The van der Waals surface area contributed by atoms with E-state index in [-0.39, 0.29) is 5.91 Å². The number of rotatable bonds is 4. The van der Waals surface area contributed by atoms with Gasteiger partial charge in [-0.2, -0.15) is 0 Å². The zero-order valence-corrected chi connectivity index (χ0v) is 12.0. The highest BCUT2D eigenvalue weighted by atomic mass is 16.1. The summed E-state index contributed by atoms with van der Waals surface area (Å²) in [6.07, 6.45) is 0. The Morgan fingerprint density at radius 1 is 1.45 bits per heavy atom. The summed E-state index contributed by atoms with van der Waals surface area (Å²) < 4.78 is 0. The van der Waals surface area contributed by atoms with E-state index >= 15 is 0 Å². The second kappa shape index (κ2) is 6.65. The number of hydrogen-bond donors (Lipinski definition) is 3. The zero-order chi connectivity index (χ0) is 14.5.